The van der Waals surface area contributed by atoms with E-state index in [0.29, 0.717) is 5.06 Å². The Morgan fingerprint density at radius 2 is 1.06 bits per heavy atom. The number of nitrogens with zero attached hydrogens (tertiary/aromatic N) is 5. The molecule has 414 valence electrons. The molecule has 11 amide bonds. The number of fused-ring (bicyclic) bond motifs is 2. The van der Waals surface area contributed by atoms with Crippen LogP contribution in [0.15, 0.2) is 33.9 Å². The van der Waals surface area contributed by atoms with Gasteiger partial charge in [-0.25, -0.2) is 4.79 Å². The number of carbonyl (C=O) groups is 12. The molecule has 0 unspecified atom stereocenters. The normalized spacial score (nSPS) is 16.5. The van der Waals surface area contributed by atoms with Crippen LogP contribution in [0.25, 0.3) is 0 Å². The Bertz CT molecular complexity index is 2650. The Balaban J connectivity index is 0.0000156. The van der Waals surface area contributed by atoms with Crippen molar-refractivity contribution < 1.29 is 62.4 Å². The standard InChI is InChI=1S/C45H56N12O19.Ca/c58-32(9-5-10-39(65)76-57-35(61)15-16-36(57)62)46-17-2-1-8-27-26-49-42(68)30-13-11-28(44(70)55(30)74)40(66)47-18-6-22-53(37(63)24-33(59)51-72)20-3-4-21-54(38(64)25-34(60)52-73)23-7-19-48-41(67)29-12-14-31(43(69)50-27)56(75)45(29)71;/h11-14,27H,1-10,15-26H2,(H7-2,46,47,48,49,50,51,52,58,59,60,66,67,68,69,70,71,72,73);/q-4;+2/t27-;/m0./s1. The van der Waals surface area contributed by atoms with Crippen LogP contribution in [0.4, 0.5) is 0 Å². The maximum Gasteiger partial charge on any atom is 2.00 e. The predicted octanol–water partition coefficient (Wildman–Crippen LogP) is -3.39. The summed E-state index contributed by atoms with van der Waals surface area (Å²) in [5.41, 5.74) is -3.55. The van der Waals surface area contributed by atoms with Crippen molar-refractivity contribution in [2.45, 2.75) is 95.9 Å². The molecule has 0 aliphatic carbocycles. The van der Waals surface area contributed by atoms with Gasteiger partial charge in [0.05, 0.1) is 0 Å². The van der Waals surface area contributed by atoms with Crippen LogP contribution in [0.1, 0.15) is 132 Å². The van der Waals surface area contributed by atoms with E-state index in [1.54, 1.807) is 0 Å². The summed E-state index contributed by atoms with van der Waals surface area (Å²) in [6.07, 6.45) is -1.30. The van der Waals surface area contributed by atoms with E-state index in [0.717, 1.165) is 35.2 Å². The van der Waals surface area contributed by atoms with E-state index in [-0.39, 0.29) is 170 Å². The summed E-state index contributed by atoms with van der Waals surface area (Å²) in [7, 11) is 0. The number of pyridine rings is 2. The molecule has 6 rings (SSSR count). The molecular weight excluding hydrogens is 1050 g/mol. The Morgan fingerprint density at radius 1 is 0.584 bits per heavy atom. The average molecular weight is 1110 g/mol. The first-order chi connectivity index (χ1) is 36.2. The van der Waals surface area contributed by atoms with Crippen molar-refractivity contribution in [2.75, 3.05) is 52.4 Å². The topological polar surface area (TPSA) is 444 Å². The van der Waals surface area contributed by atoms with E-state index < -0.39 is 130 Å². The molecule has 77 heavy (non-hydrogen) atoms. The number of aromatic nitrogens is 2. The van der Waals surface area contributed by atoms with Gasteiger partial charge in [0, 0.05) is 84.1 Å². The molecule has 1 fully saturated rings. The summed E-state index contributed by atoms with van der Waals surface area (Å²) < 4.78 is -0.692. The molecule has 4 bridgehead atoms. The van der Waals surface area contributed by atoms with E-state index in [9.17, 15) is 88.0 Å². The molecule has 0 radical (unpaired) electrons. The number of nitrogens with one attached hydrogen (secondary N) is 7. The molecular formula is C45H56CaN12O19-2. The molecule has 0 aromatic carbocycles. The van der Waals surface area contributed by atoms with Crippen molar-refractivity contribution in [1.29, 1.82) is 0 Å². The van der Waals surface area contributed by atoms with Gasteiger partial charge in [-0.1, -0.05) is 0 Å². The smallest absolute Gasteiger partial charge is 0.803 e. The van der Waals surface area contributed by atoms with Gasteiger partial charge in [0.2, 0.25) is 29.5 Å². The van der Waals surface area contributed by atoms with Gasteiger partial charge in [0.25, 0.3) is 46.6 Å². The number of hydroxylamine groups is 4. The van der Waals surface area contributed by atoms with E-state index >= 15 is 0 Å². The van der Waals surface area contributed by atoms with E-state index in [1.165, 1.54) is 9.80 Å². The molecule has 2 aromatic heterocycles. The van der Waals surface area contributed by atoms with Gasteiger partial charge in [-0.3, -0.25) is 62.3 Å². The fourth-order valence-corrected chi connectivity index (χ4v) is 7.58. The number of unbranched alkanes of at least 4 members (excludes halogenated alkanes) is 1. The van der Waals surface area contributed by atoms with Crippen LogP contribution in [0.2, 0.25) is 0 Å². The molecule has 4 aliphatic rings. The summed E-state index contributed by atoms with van der Waals surface area (Å²) >= 11 is 0. The van der Waals surface area contributed by atoms with E-state index in [2.05, 4.69) is 26.6 Å². The molecule has 2 aromatic rings. The monoisotopic (exact) mass is 1110 g/mol. The van der Waals surface area contributed by atoms with Gasteiger partial charge < -0.3 is 82.5 Å². The van der Waals surface area contributed by atoms with Crippen molar-refractivity contribution in [3.8, 4) is 0 Å². The number of amides is 11. The van der Waals surface area contributed by atoms with Crippen molar-refractivity contribution in [3.63, 3.8) is 0 Å². The maximum absolute atomic E-state index is 13.5. The quantitative estimate of drug-likeness (QED) is 0.0319. The maximum atomic E-state index is 13.5. The molecule has 7 N–H and O–H groups in total. The van der Waals surface area contributed by atoms with Gasteiger partial charge in [-0.15, -0.1) is 5.06 Å². The van der Waals surface area contributed by atoms with E-state index in [1.807, 2.05) is 0 Å². The van der Waals surface area contributed by atoms with Crippen LogP contribution in [0.5, 0.6) is 0 Å². The van der Waals surface area contributed by atoms with E-state index in [4.69, 9.17) is 4.84 Å². The number of rotatable bonds is 14. The SMILES string of the molecule is O=C(CC(=O)N1CCCCN(C(=O)CC(=O)N[O-])CCCNC(=O)c2ccc(n([O-])c2=O)C(=O)N[C@@H](CCCCNC(=O)CCCC(=O)ON2C(=O)CCC2=O)CNC(=O)c2ccc(c(=O)n2[O-])C(=O)NCCC1)N[O-].[Ca+2]. The van der Waals surface area contributed by atoms with Gasteiger partial charge in [-0.2, -0.15) is 0 Å². The third-order valence-electron chi connectivity index (χ3n) is 11.6. The minimum atomic E-state index is -1.44. The molecule has 32 heteroatoms. The number of carbonyl (C=O) groups excluding carboxylic acids is 12. The summed E-state index contributed by atoms with van der Waals surface area (Å²) in [6, 6.07) is 2.52. The first-order valence-corrected chi connectivity index (χ1v) is 24.0. The first-order valence-electron chi connectivity index (χ1n) is 24.0. The van der Waals surface area contributed by atoms with Crippen molar-refractivity contribution in [3.05, 3.63) is 88.3 Å². The second-order valence-electron chi connectivity index (χ2n) is 17.2. The Morgan fingerprint density at radius 3 is 1.56 bits per heavy atom. The molecule has 1 saturated heterocycles. The summed E-state index contributed by atoms with van der Waals surface area (Å²) in [5, 5.41) is 60.7. The molecule has 0 spiro atoms. The number of hydrogen-bond donors (Lipinski definition) is 7. The molecule has 1 atom stereocenters. The van der Waals surface area contributed by atoms with Crippen molar-refractivity contribution >= 4 is 109 Å². The summed E-state index contributed by atoms with van der Waals surface area (Å²) in [4.78, 5) is 183. The largest absolute Gasteiger partial charge is 2.00 e. The molecule has 6 heterocycles. The van der Waals surface area contributed by atoms with Crippen LogP contribution in [0.3, 0.4) is 0 Å². The predicted molar refractivity (Wildman–Crippen MR) is 265 cm³/mol. The average Bonchev–Trinajstić information content (AvgIpc) is 3.70. The van der Waals surface area contributed by atoms with Crippen LogP contribution in [0, 0.1) is 20.8 Å². The Kier molecular flexibility index (Phi) is 26.7. The minimum absolute atomic E-state index is 0. The van der Waals surface area contributed by atoms with Crippen LogP contribution in [-0.4, -0.2) is 191 Å². The fourth-order valence-electron chi connectivity index (χ4n) is 7.58. The molecule has 31 nitrogen and oxygen atoms in total. The van der Waals surface area contributed by atoms with Gasteiger partial charge >= 0.3 is 43.7 Å². The zero-order valence-corrected chi connectivity index (χ0v) is 43.9. The Labute approximate surface area is 467 Å². The summed E-state index contributed by atoms with van der Waals surface area (Å²) in [6.45, 7) is -1.04. The molecule has 0 saturated carbocycles. The second-order valence-corrected chi connectivity index (χ2v) is 17.2. The number of hydrogen-bond acceptors (Lipinski definition) is 19. The zero-order chi connectivity index (χ0) is 55.9. The molecule has 4 aliphatic heterocycles. The summed E-state index contributed by atoms with van der Waals surface area (Å²) in [5.74, 6) is -10.8. The number of imide groups is 1. The van der Waals surface area contributed by atoms with Crippen LogP contribution >= 0.6 is 0 Å². The van der Waals surface area contributed by atoms with Crippen molar-refractivity contribution in [1.82, 2.24) is 61.9 Å². The van der Waals surface area contributed by atoms with Gasteiger partial charge in [0.1, 0.15) is 35.4 Å². The third kappa shape index (κ3) is 19.9. The fraction of sp³-hybridized carbons (Fsp3) is 0.511. The first kappa shape index (κ1) is 63.8. The van der Waals surface area contributed by atoms with Crippen molar-refractivity contribution in [2.24, 2.45) is 0 Å². The zero-order valence-electron chi connectivity index (χ0n) is 41.6. The third-order valence-corrected chi connectivity index (χ3v) is 11.6. The van der Waals surface area contributed by atoms with Gasteiger partial charge in [-0.05, 0) is 75.6 Å². The second kappa shape index (κ2) is 32.2. The van der Waals surface area contributed by atoms with Crippen LogP contribution < -0.4 is 48.7 Å². The Hall–Kier alpha value is -7.48. The van der Waals surface area contributed by atoms with Crippen LogP contribution in [-0.2, 0) is 43.2 Å². The minimum Gasteiger partial charge on any atom is -0.803 e. The van der Waals surface area contributed by atoms with Gasteiger partial charge in [0.15, 0.2) is 0 Å².